The summed E-state index contributed by atoms with van der Waals surface area (Å²) in [6.45, 7) is 3.95. The van der Waals surface area contributed by atoms with Gasteiger partial charge in [0.05, 0.1) is 6.21 Å². The first kappa shape index (κ1) is 18.5. The molecule has 5 nitrogen and oxygen atoms in total. The molecule has 144 valence electrons. The summed E-state index contributed by atoms with van der Waals surface area (Å²) >= 11 is 0. The number of fused-ring (bicyclic) bond motifs is 1. The minimum Gasteiger partial charge on any atom is -0.507 e. The quantitative estimate of drug-likeness (QED) is 0.345. The van der Waals surface area contributed by atoms with E-state index in [1.165, 1.54) is 6.21 Å². The van der Waals surface area contributed by atoms with Gasteiger partial charge in [-0.05, 0) is 43.7 Å². The molecule has 0 unspecified atom stereocenters. The van der Waals surface area contributed by atoms with Crippen molar-refractivity contribution in [3.63, 3.8) is 0 Å². The van der Waals surface area contributed by atoms with Gasteiger partial charge in [-0.1, -0.05) is 53.6 Å². The van der Waals surface area contributed by atoms with Crippen LogP contribution in [0.15, 0.2) is 71.8 Å². The van der Waals surface area contributed by atoms with Crippen molar-refractivity contribution in [2.24, 2.45) is 5.10 Å². The van der Waals surface area contributed by atoms with Crippen LogP contribution in [0.3, 0.4) is 0 Å². The molecule has 0 aliphatic heterocycles. The number of H-pyrrole nitrogens is 1. The Kier molecular flexibility index (Phi) is 4.87. The van der Waals surface area contributed by atoms with Crippen LogP contribution >= 0.6 is 0 Å². The maximum Gasteiger partial charge on any atom is 0.288 e. The molecule has 1 aromatic heterocycles. The summed E-state index contributed by atoms with van der Waals surface area (Å²) in [5.41, 5.74) is 8.35. The molecular formula is C24H21N3O2. The van der Waals surface area contributed by atoms with Crippen LogP contribution in [0.5, 0.6) is 5.75 Å². The Bertz CT molecular complexity index is 1220. The minimum absolute atomic E-state index is 0.111. The van der Waals surface area contributed by atoms with Crippen LogP contribution in [-0.4, -0.2) is 22.2 Å². The number of aromatic amines is 1. The summed E-state index contributed by atoms with van der Waals surface area (Å²) in [6.07, 6.45) is 1.44. The van der Waals surface area contributed by atoms with Crippen LogP contribution in [-0.2, 0) is 0 Å². The normalized spacial score (nSPS) is 11.2. The second kappa shape index (κ2) is 7.64. The van der Waals surface area contributed by atoms with Crippen LogP contribution < -0.4 is 5.43 Å². The molecule has 0 atom stereocenters. The number of phenols is 1. The molecule has 0 fully saturated rings. The first-order chi connectivity index (χ1) is 14.0. The van der Waals surface area contributed by atoms with Crippen molar-refractivity contribution in [1.82, 2.24) is 10.4 Å². The van der Waals surface area contributed by atoms with E-state index in [0.29, 0.717) is 11.3 Å². The summed E-state index contributed by atoms with van der Waals surface area (Å²) in [4.78, 5) is 16.1. The number of amides is 1. The van der Waals surface area contributed by atoms with Crippen molar-refractivity contribution in [3.05, 3.63) is 89.1 Å². The van der Waals surface area contributed by atoms with Crippen molar-refractivity contribution in [2.45, 2.75) is 13.8 Å². The highest BCUT2D eigenvalue weighted by atomic mass is 16.3. The third-order valence-corrected chi connectivity index (χ3v) is 4.80. The highest BCUT2D eigenvalue weighted by Gasteiger charge is 2.19. The number of hydrogen-bond acceptors (Lipinski definition) is 3. The van der Waals surface area contributed by atoms with Crippen molar-refractivity contribution in [3.8, 4) is 16.9 Å². The predicted octanol–water partition coefficient (Wildman–Crippen LogP) is 4.92. The number of nitrogens with one attached hydrogen (secondary N) is 2. The molecule has 1 heterocycles. The van der Waals surface area contributed by atoms with Gasteiger partial charge in [0.25, 0.3) is 5.91 Å². The number of benzene rings is 3. The van der Waals surface area contributed by atoms with Crippen LogP contribution in [0.25, 0.3) is 22.0 Å². The number of aryl methyl sites for hydroxylation is 2. The van der Waals surface area contributed by atoms with Crippen molar-refractivity contribution in [2.75, 3.05) is 0 Å². The molecule has 5 heteroatoms. The van der Waals surface area contributed by atoms with E-state index in [1.54, 1.807) is 12.1 Å². The Morgan fingerprint density at radius 2 is 1.72 bits per heavy atom. The van der Waals surface area contributed by atoms with E-state index in [1.807, 2.05) is 62.4 Å². The fraction of sp³-hybridized carbons (Fsp3) is 0.0833. The van der Waals surface area contributed by atoms with Gasteiger partial charge in [0.15, 0.2) is 0 Å². The standard InChI is InChI=1S/C24H21N3O2/c1-15-9-11-21(28)18(12-15)14-25-27-24(29)23-22(17-6-4-3-5-7-17)19-13-16(2)8-10-20(19)26-23/h3-14,26,28H,1-2H3,(H,27,29)/b25-14+. The number of aromatic nitrogens is 1. The van der Waals surface area contributed by atoms with Gasteiger partial charge in [-0.3, -0.25) is 4.79 Å². The molecule has 0 radical (unpaired) electrons. The number of carbonyl (C=O) groups is 1. The van der Waals surface area contributed by atoms with Gasteiger partial charge >= 0.3 is 0 Å². The molecule has 0 aliphatic rings. The van der Waals surface area contributed by atoms with E-state index >= 15 is 0 Å². The molecule has 3 aromatic carbocycles. The van der Waals surface area contributed by atoms with Crippen LogP contribution in [0.1, 0.15) is 27.2 Å². The van der Waals surface area contributed by atoms with Gasteiger partial charge in [-0.2, -0.15) is 5.10 Å². The van der Waals surface area contributed by atoms with E-state index in [-0.39, 0.29) is 11.7 Å². The van der Waals surface area contributed by atoms with Gasteiger partial charge in [0.1, 0.15) is 11.4 Å². The molecule has 0 saturated carbocycles. The molecule has 1 amide bonds. The van der Waals surface area contributed by atoms with Gasteiger partial charge < -0.3 is 10.1 Å². The molecule has 0 aliphatic carbocycles. The first-order valence-corrected chi connectivity index (χ1v) is 9.33. The summed E-state index contributed by atoms with van der Waals surface area (Å²) in [5.74, 6) is -0.235. The van der Waals surface area contributed by atoms with Crippen molar-refractivity contribution in [1.29, 1.82) is 0 Å². The molecule has 29 heavy (non-hydrogen) atoms. The lowest BCUT2D eigenvalue weighted by atomic mass is 10.0. The molecule has 0 bridgehead atoms. The average Bonchev–Trinajstić information content (AvgIpc) is 3.10. The maximum absolute atomic E-state index is 12.9. The number of carbonyl (C=O) groups excluding carboxylic acids is 1. The van der Waals surface area contributed by atoms with E-state index in [9.17, 15) is 9.90 Å². The summed E-state index contributed by atoms with van der Waals surface area (Å²) < 4.78 is 0. The Hall–Kier alpha value is -3.86. The zero-order valence-corrected chi connectivity index (χ0v) is 16.2. The summed E-state index contributed by atoms with van der Waals surface area (Å²) in [5, 5.41) is 14.9. The van der Waals surface area contributed by atoms with Gasteiger partial charge in [0.2, 0.25) is 0 Å². The highest BCUT2D eigenvalue weighted by Crippen LogP contribution is 2.33. The van der Waals surface area contributed by atoms with Gasteiger partial charge in [-0.15, -0.1) is 0 Å². The average molecular weight is 383 g/mol. The second-order valence-corrected chi connectivity index (χ2v) is 7.05. The Morgan fingerprint density at radius 3 is 2.52 bits per heavy atom. The van der Waals surface area contributed by atoms with E-state index < -0.39 is 0 Å². The van der Waals surface area contributed by atoms with Crippen molar-refractivity contribution >= 4 is 23.0 Å². The SMILES string of the molecule is Cc1ccc(O)c(/C=N/NC(=O)c2[nH]c3ccc(C)cc3c2-c2ccccc2)c1. The Morgan fingerprint density at radius 1 is 1.00 bits per heavy atom. The third-order valence-electron chi connectivity index (χ3n) is 4.80. The maximum atomic E-state index is 12.9. The fourth-order valence-electron chi connectivity index (χ4n) is 3.37. The lowest BCUT2D eigenvalue weighted by Crippen LogP contribution is -2.18. The molecule has 0 saturated heterocycles. The zero-order chi connectivity index (χ0) is 20.4. The summed E-state index contributed by atoms with van der Waals surface area (Å²) in [7, 11) is 0. The fourth-order valence-corrected chi connectivity index (χ4v) is 3.37. The first-order valence-electron chi connectivity index (χ1n) is 9.33. The number of hydrogen-bond donors (Lipinski definition) is 3. The monoisotopic (exact) mass is 383 g/mol. The molecule has 3 N–H and O–H groups in total. The van der Waals surface area contributed by atoms with Crippen molar-refractivity contribution < 1.29 is 9.90 Å². The predicted molar refractivity (Wildman–Crippen MR) is 116 cm³/mol. The number of aromatic hydroxyl groups is 1. The molecule has 0 spiro atoms. The van der Waals surface area contributed by atoms with Crippen LogP contribution in [0, 0.1) is 13.8 Å². The lowest BCUT2D eigenvalue weighted by molar-refractivity contribution is 0.0951. The zero-order valence-electron chi connectivity index (χ0n) is 16.2. The molecule has 4 aromatic rings. The van der Waals surface area contributed by atoms with Crippen LogP contribution in [0.2, 0.25) is 0 Å². The number of hydrazone groups is 1. The Labute approximate surface area is 168 Å². The third kappa shape index (κ3) is 3.75. The van der Waals surface area contributed by atoms with E-state index in [0.717, 1.165) is 33.2 Å². The topological polar surface area (TPSA) is 77.5 Å². The second-order valence-electron chi connectivity index (χ2n) is 7.05. The number of nitrogens with zero attached hydrogens (tertiary/aromatic N) is 1. The van der Waals surface area contributed by atoms with Gasteiger partial charge in [0, 0.05) is 22.0 Å². The smallest absolute Gasteiger partial charge is 0.288 e. The number of rotatable bonds is 4. The van der Waals surface area contributed by atoms with Crippen LogP contribution in [0.4, 0.5) is 0 Å². The Balaban J connectivity index is 1.70. The number of phenolic OH excluding ortho intramolecular Hbond substituents is 1. The van der Waals surface area contributed by atoms with E-state index in [4.69, 9.17) is 0 Å². The lowest BCUT2D eigenvalue weighted by Gasteiger charge is -2.05. The summed E-state index contributed by atoms with van der Waals surface area (Å²) in [6, 6.07) is 21.1. The van der Waals surface area contributed by atoms with Gasteiger partial charge in [-0.25, -0.2) is 5.43 Å². The molecule has 4 rings (SSSR count). The van der Waals surface area contributed by atoms with E-state index in [2.05, 4.69) is 21.6 Å². The molecular weight excluding hydrogens is 362 g/mol. The highest BCUT2D eigenvalue weighted by molar-refractivity contribution is 6.10. The minimum atomic E-state index is -0.346. The largest absolute Gasteiger partial charge is 0.507 e.